The SMILES string of the molecule is CC(=O)c1ccc(C(=O)N2CCC(C(=O)O)CC2)s1. The quantitative estimate of drug-likeness (QED) is 0.858. The van der Waals surface area contributed by atoms with E-state index in [-0.39, 0.29) is 17.6 Å². The van der Waals surface area contributed by atoms with Crippen LogP contribution in [0.5, 0.6) is 0 Å². The largest absolute Gasteiger partial charge is 0.481 e. The molecule has 0 bridgehead atoms. The van der Waals surface area contributed by atoms with Crippen molar-refractivity contribution in [3.05, 3.63) is 21.9 Å². The number of thiophene rings is 1. The van der Waals surface area contributed by atoms with Crippen molar-refractivity contribution in [2.45, 2.75) is 19.8 Å². The van der Waals surface area contributed by atoms with E-state index in [2.05, 4.69) is 0 Å². The molecule has 0 aliphatic carbocycles. The summed E-state index contributed by atoms with van der Waals surface area (Å²) in [5, 5.41) is 8.91. The Balaban J connectivity index is 2.01. The van der Waals surface area contributed by atoms with Crippen LogP contribution < -0.4 is 0 Å². The van der Waals surface area contributed by atoms with Gasteiger partial charge in [-0.05, 0) is 31.9 Å². The average Bonchev–Trinajstić information content (AvgIpc) is 2.87. The molecule has 1 N–H and O–H groups in total. The van der Waals surface area contributed by atoms with Crippen LogP contribution in [0, 0.1) is 5.92 Å². The molecule has 2 heterocycles. The number of carboxylic acids is 1. The maximum Gasteiger partial charge on any atom is 0.306 e. The van der Waals surface area contributed by atoms with Gasteiger partial charge in [-0.1, -0.05) is 0 Å². The third-order valence-electron chi connectivity index (χ3n) is 3.30. The number of carboxylic acid groups (broad SMARTS) is 1. The van der Waals surface area contributed by atoms with E-state index in [0.29, 0.717) is 35.7 Å². The van der Waals surface area contributed by atoms with Crippen molar-refractivity contribution >= 4 is 29.0 Å². The van der Waals surface area contributed by atoms with Crippen LogP contribution in [0.15, 0.2) is 12.1 Å². The van der Waals surface area contributed by atoms with Crippen molar-refractivity contribution < 1.29 is 19.5 Å². The molecular weight excluding hydrogens is 266 g/mol. The van der Waals surface area contributed by atoms with Crippen molar-refractivity contribution in [1.29, 1.82) is 0 Å². The first-order chi connectivity index (χ1) is 8.99. The van der Waals surface area contributed by atoms with Crippen molar-refractivity contribution in [2.75, 3.05) is 13.1 Å². The summed E-state index contributed by atoms with van der Waals surface area (Å²) in [5.74, 6) is -1.29. The molecular formula is C13H15NO4S. The van der Waals surface area contributed by atoms with Crippen LogP contribution in [0.3, 0.4) is 0 Å². The van der Waals surface area contributed by atoms with Gasteiger partial charge in [-0.25, -0.2) is 0 Å². The van der Waals surface area contributed by atoms with Crippen LogP contribution in [-0.4, -0.2) is 40.8 Å². The Hall–Kier alpha value is -1.69. The van der Waals surface area contributed by atoms with E-state index in [4.69, 9.17) is 5.11 Å². The lowest BCUT2D eigenvalue weighted by atomic mass is 9.97. The zero-order valence-corrected chi connectivity index (χ0v) is 11.4. The number of rotatable bonds is 3. The summed E-state index contributed by atoms with van der Waals surface area (Å²) in [6.07, 6.45) is 0.984. The minimum Gasteiger partial charge on any atom is -0.481 e. The summed E-state index contributed by atoms with van der Waals surface area (Å²) in [5.41, 5.74) is 0. The first kappa shape index (κ1) is 13.7. The van der Waals surface area contributed by atoms with Crippen molar-refractivity contribution in [3.8, 4) is 0 Å². The number of nitrogens with zero attached hydrogens (tertiary/aromatic N) is 1. The normalized spacial score (nSPS) is 16.4. The number of piperidine rings is 1. The lowest BCUT2D eigenvalue weighted by Crippen LogP contribution is -2.39. The Kier molecular flexibility index (Phi) is 3.99. The Bertz CT molecular complexity index is 514. The lowest BCUT2D eigenvalue weighted by molar-refractivity contribution is -0.143. The van der Waals surface area contributed by atoms with Crippen LogP contribution in [0.4, 0.5) is 0 Å². The van der Waals surface area contributed by atoms with E-state index < -0.39 is 5.97 Å². The van der Waals surface area contributed by atoms with E-state index in [0.717, 1.165) is 0 Å². The molecule has 1 aliphatic heterocycles. The van der Waals surface area contributed by atoms with Crippen LogP contribution in [-0.2, 0) is 4.79 Å². The Morgan fingerprint density at radius 3 is 2.26 bits per heavy atom. The fraction of sp³-hybridized carbons (Fsp3) is 0.462. The standard InChI is InChI=1S/C13H15NO4S/c1-8(15)10-2-3-11(19-10)12(16)14-6-4-9(5-7-14)13(17)18/h2-3,9H,4-7H2,1H3,(H,17,18). The highest BCUT2D eigenvalue weighted by atomic mass is 32.1. The first-order valence-electron chi connectivity index (χ1n) is 6.12. The molecule has 0 spiro atoms. The number of carbonyl (C=O) groups is 3. The summed E-state index contributed by atoms with van der Waals surface area (Å²) in [6, 6.07) is 3.32. The van der Waals surface area contributed by atoms with Crippen LogP contribution in [0.1, 0.15) is 39.1 Å². The monoisotopic (exact) mass is 281 g/mol. The predicted molar refractivity (Wildman–Crippen MR) is 70.6 cm³/mol. The summed E-state index contributed by atoms with van der Waals surface area (Å²) in [4.78, 5) is 37.0. The summed E-state index contributed by atoms with van der Waals surface area (Å²) in [7, 11) is 0. The number of aliphatic carboxylic acids is 1. The highest BCUT2D eigenvalue weighted by Gasteiger charge is 2.28. The molecule has 1 fully saturated rings. The van der Waals surface area contributed by atoms with Gasteiger partial charge in [-0.2, -0.15) is 0 Å². The second-order valence-electron chi connectivity index (χ2n) is 4.62. The molecule has 0 saturated carbocycles. The fourth-order valence-corrected chi connectivity index (χ4v) is 3.00. The van der Waals surface area contributed by atoms with E-state index in [9.17, 15) is 14.4 Å². The van der Waals surface area contributed by atoms with Crippen molar-refractivity contribution in [2.24, 2.45) is 5.92 Å². The van der Waals surface area contributed by atoms with Crippen LogP contribution >= 0.6 is 11.3 Å². The van der Waals surface area contributed by atoms with Crippen molar-refractivity contribution in [1.82, 2.24) is 4.90 Å². The molecule has 5 nitrogen and oxygen atoms in total. The number of likely N-dealkylation sites (tertiary alicyclic amines) is 1. The maximum atomic E-state index is 12.2. The Morgan fingerprint density at radius 2 is 1.79 bits per heavy atom. The highest BCUT2D eigenvalue weighted by Crippen LogP contribution is 2.23. The number of ketones is 1. The van der Waals surface area contributed by atoms with Crippen molar-refractivity contribution in [3.63, 3.8) is 0 Å². The molecule has 0 radical (unpaired) electrons. The third-order valence-corrected chi connectivity index (χ3v) is 4.47. The van der Waals surface area contributed by atoms with E-state index in [1.54, 1.807) is 17.0 Å². The fourth-order valence-electron chi connectivity index (χ4n) is 2.13. The van der Waals surface area contributed by atoms with Gasteiger partial charge in [-0.3, -0.25) is 14.4 Å². The zero-order valence-electron chi connectivity index (χ0n) is 10.6. The van der Waals surface area contributed by atoms with Crippen LogP contribution in [0.2, 0.25) is 0 Å². The first-order valence-corrected chi connectivity index (χ1v) is 6.93. The summed E-state index contributed by atoms with van der Waals surface area (Å²) >= 11 is 1.19. The molecule has 1 aromatic heterocycles. The molecule has 1 amide bonds. The van der Waals surface area contributed by atoms with E-state index in [1.165, 1.54) is 18.3 Å². The second kappa shape index (κ2) is 5.52. The van der Waals surface area contributed by atoms with Gasteiger partial charge in [0.1, 0.15) is 0 Å². The molecule has 2 rings (SSSR count). The molecule has 0 atom stereocenters. The number of hydrogen-bond acceptors (Lipinski definition) is 4. The number of amides is 1. The Morgan fingerprint density at radius 1 is 1.21 bits per heavy atom. The number of carbonyl (C=O) groups excluding carboxylic acids is 2. The van der Waals surface area contributed by atoms with Gasteiger partial charge in [0.2, 0.25) is 0 Å². The molecule has 6 heteroatoms. The summed E-state index contributed by atoms with van der Waals surface area (Å²) < 4.78 is 0. The molecule has 1 aromatic rings. The minimum atomic E-state index is -0.790. The molecule has 1 aliphatic rings. The maximum absolute atomic E-state index is 12.2. The van der Waals surface area contributed by atoms with Gasteiger partial charge in [-0.15, -0.1) is 11.3 Å². The average molecular weight is 281 g/mol. The van der Waals surface area contributed by atoms with Gasteiger partial charge in [0.05, 0.1) is 15.7 Å². The molecule has 0 aromatic carbocycles. The molecule has 102 valence electrons. The zero-order chi connectivity index (χ0) is 14.0. The van der Waals surface area contributed by atoms with Gasteiger partial charge in [0.15, 0.2) is 5.78 Å². The molecule has 0 unspecified atom stereocenters. The highest BCUT2D eigenvalue weighted by molar-refractivity contribution is 7.15. The molecule has 1 saturated heterocycles. The van der Waals surface area contributed by atoms with E-state index in [1.807, 2.05) is 0 Å². The smallest absolute Gasteiger partial charge is 0.306 e. The number of Topliss-reactive ketones (excluding diaryl/α,β-unsaturated/α-hetero) is 1. The molecule has 19 heavy (non-hydrogen) atoms. The second-order valence-corrected chi connectivity index (χ2v) is 5.71. The van der Waals surface area contributed by atoms with Gasteiger partial charge in [0, 0.05) is 13.1 Å². The van der Waals surface area contributed by atoms with E-state index >= 15 is 0 Å². The topological polar surface area (TPSA) is 74.7 Å². The predicted octanol–water partition coefficient (Wildman–Crippen LogP) is 1.89. The summed E-state index contributed by atoms with van der Waals surface area (Å²) in [6.45, 7) is 2.39. The lowest BCUT2D eigenvalue weighted by Gasteiger charge is -2.29. The Labute approximate surface area is 114 Å². The van der Waals surface area contributed by atoms with Crippen LogP contribution in [0.25, 0.3) is 0 Å². The number of hydrogen-bond donors (Lipinski definition) is 1. The van der Waals surface area contributed by atoms with Gasteiger partial charge >= 0.3 is 5.97 Å². The van der Waals surface area contributed by atoms with Gasteiger partial charge < -0.3 is 10.0 Å². The third kappa shape index (κ3) is 3.01. The minimum absolute atomic E-state index is 0.0476. The van der Waals surface area contributed by atoms with Gasteiger partial charge in [0.25, 0.3) is 5.91 Å².